The van der Waals surface area contributed by atoms with Crippen LogP contribution in [0.2, 0.25) is 0 Å². The van der Waals surface area contributed by atoms with E-state index in [1.54, 1.807) is 18.2 Å². The molecule has 2 amide bonds. The van der Waals surface area contributed by atoms with Crippen molar-refractivity contribution in [1.82, 2.24) is 20.5 Å². The highest BCUT2D eigenvalue weighted by atomic mass is 19.4. The number of para-hydroxylation sites is 1. The number of aromatic amines is 1. The highest BCUT2D eigenvalue weighted by molar-refractivity contribution is 6.08. The van der Waals surface area contributed by atoms with E-state index in [0.29, 0.717) is 5.52 Å². The molecule has 3 N–H and O–H groups in total. The van der Waals surface area contributed by atoms with Crippen molar-refractivity contribution < 1.29 is 22.8 Å². The van der Waals surface area contributed by atoms with Gasteiger partial charge in [-0.05, 0) is 12.1 Å². The second-order valence-electron chi connectivity index (χ2n) is 5.62. The van der Waals surface area contributed by atoms with E-state index >= 15 is 0 Å². The first-order valence-electron chi connectivity index (χ1n) is 7.89. The minimum atomic E-state index is -4.37. The summed E-state index contributed by atoms with van der Waals surface area (Å²) in [5.41, 5.74) is 0.645. The molecule has 3 aromatic rings. The van der Waals surface area contributed by atoms with Crippen LogP contribution in [0.3, 0.4) is 0 Å². The van der Waals surface area contributed by atoms with Crippen molar-refractivity contribution in [1.29, 1.82) is 0 Å². The molecule has 140 valence electrons. The SMILES string of the molecule is O=C(Nc1cn[nH]c1C(=O)NCCC(F)(F)F)c1ccc2ccccc2n1. The summed E-state index contributed by atoms with van der Waals surface area (Å²) < 4.78 is 36.5. The summed E-state index contributed by atoms with van der Waals surface area (Å²) in [4.78, 5) is 28.6. The second-order valence-corrected chi connectivity index (χ2v) is 5.62. The molecule has 0 fully saturated rings. The summed E-state index contributed by atoms with van der Waals surface area (Å²) in [6.07, 6.45) is -4.34. The number of anilines is 1. The van der Waals surface area contributed by atoms with Gasteiger partial charge in [0, 0.05) is 11.9 Å². The number of pyridine rings is 1. The van der Waals surface area contributed by atoms with Crippen LogP contribution in [0.15, 0.2) is 42.6 Å². The van der Waals surface area contributed by atoms with Gasteiger partial charge >= 0.3 is 6.18 Å². The smallest absolute Gasteiger partial charge is 0.350 e. The number of carbonyl (C=O) groups excluding carboxylic acids is 2. The van der Waals surface area contributed by atoms with Crippen LogP contribution in [0.25, 0.3) is 10.9 Å². The standard InChI is InChI=1S/C17H14F3N5O2/c18-17(19,20)7-8-21-16(27)14-13(9-22-25-14)24-15(26)12-6-5-10-3-1-2-4-11(10)23-12/h1-6,9H,7-8H2,(H,21,27)(H,22,25)(H,24,26). The van der Waals surface area contributed by atoms with E-state index in [9.17, 15) is 22.8 Å². The molecule has 0 aliphatic carbocycles. The van der Waals surface area contributed by atoms with Gasteiger partial charge in [-0.1, -0.05) is 24.3 Å². The average molecular weight is 377 g/mol. The van der Waals surface area contributed by atoms with Gasteiger partial charge in [-0.15, -0.1) is 0 Å². The van der Waals surface area contributed by atoms with Crippen molar-refractivity contribution in [2.45, 2.75) is 12.6 Å². The average Bonchev–Trinajstić information content (AvgIpc) is 3.08. The van der Waals surface area contributed by atoms with E-state index in [1.165, 1.54) is 12.3 Å². The molecule has 0 radical (unpaired) electrons. The zero-order chi connectivity index (χ0) is 19.4. The number of nitrogens with one attached hydrogen (secondary N) is 3. The van der Waals surface area contributed by atoms with Crippen molar-refractivity contribution in [2.75, 3.05) is 11.9 Å². The van der Waals surface area contributed by atoms with Gasteiger partial charge in [-0.2, -0.15) is 18.3 Å². The number of halogens is 3. The first-order valence-corrected chi connectivity index (χ1v) is 7.89. The van der Waals surface area contributed by atoms with Gasteiger partial charge in [0.05, 0.1) is 23.8 Å². The van der Waals surface area contributed by atoms with Crippen molar-refractivity contribution in [3.63, 3.8) is 0 Å². The summed E-state index contributed by atoms with van der Waals surface area (Å²) in [5.74, 6) is -1.38. The highest BCUT2D eigenvalue weighted by Gasteiger charge is 2.27. The third-order valence-electron chi connectivity index (χ3n) is 3.64. The van der Waals surface area contributed by atoms with Crippen LogP contribution in [0, 0.1) is 0 Å². The van der Waals surface area contributed by atoms with Crippen LogP contribution in [-0.4, -0.2) is 39.7 Å². The lowest BCUT2D eigenvalue weighted by Crippen LogP contribution is -2.29. The molecular weight excluding hydrogens is 363 g/mol. The quantitative estimate of drug-likeness (QED) is 0.637. The summed E-state index contributed by atoms with van der Waals surface area (Å²) in [5, 5.41) is 11.5. The lowest BCUT2D eigenvalue weighted by molar-refractivity contribution is -0.133. The minimum absolute atomic E-state index is 0.0412. The topological polar surface area (TPSA) is 99.8 Å². The molecule has 0 aliphatic rings. The number of hydrogen-bond acceptors (Lipinski definition) is 4. The molecule has 2 aromatic heterocycles. The molecule has 0 unspecified atom stereocenters. The van der Waals surface area contributed by atoms with E-state index < -0.39 is 31.0 Å². The molecule has 0 atom stereocenters. The zero-order valence-electron chi connectivity index (χ0n) is 13.8. The maximum absolute atomic E-state index is 12.4. The molecule has 0 bridgehead atoms. The Kier molecular flexibility index (Phi) is 5.06. The Morgan fingerprint density at radius 3 is 2.63 bits per heavy atom. The zero-order valence-corrected chi connectivity index (χ0v) is 13.8. The van der Waals surface area contributed by atoms with E-state index in [2.05, 4.69) is 25.8 Å². The van der Waals surface area contributed by atoms with Crippen molar-refractivity contribution in [3.05, 3.63) is 54.0 Å². The summed E-state index contributed by atoms with van der Waals surface area (Å²) in [6, 6.07) is 10.5. The number of alkyl halides is 3. The lowest BCUT2D eigenvalue weighted by Gasteiger charge is -2.09. The third kappa shape index (κ3) is 4.60. The number of benzene rings is 1. The van der Waals surface area contributed by atoms with E-state index in [0.717, 1.165) is 5.39 Å². The fourth-order valence-electron chi connectivity index (χ4n) is 2.34. The first-order chi connectivity index (χ1) is 12.8. The van der Waals surface area contributed by atoms with Gasteiger partial charge in [0.2, 0.25) is 0 Å². The normalized spacial score (nSPS) is 11.4. The maximum Gasteiger partial charge on any atom is 0.390 e. The Balaban J connectivity index is 1.69. The number of carbonyl (C=O) groups is 2. The Labute approximate surface area is 151 Å². The molecular formula is C17H14F3N5O2. The molecule has 0 saturated carbocycles. The highest BCUT2D eigenvalue weighted by Crippen LogP contribution is 2.19. The van der Waals surface area contributed by atoms with Crippen LogP contribution in [-0.2, 0) is 0 Å². The van der Waals surface area contributed by atoms with Crippen LogP contribution in [0.5, 0.6) is 0 Å². The first kappa shape index (κ1) is 18.4. The Bertz CT molecular complexity index is 984. The Morgan fingerprint density at radius 2 is 1.85 bits per heavy atom. The number of hydrogen-bond donors (Lipinski definition) is 3. The summed E-state index contributed by atoms with van der Waals surface area (Å²) in [6.45, 7) is -0.582. The lowest BCUT2D eigenvalue weighted by atomic mass is 10.2. The number of amides is 2. The number of fused-ring (bicyclic) bond motifs is 1. The molecule has 10 heteroatoms. The Morgan fingerprint density at radius 1 is 1.07 bits per heavy atom. The Hall–Kier alpha value is -3.43. The van der Waals surface area contributed by atoms with E-state index in [4.69, 9.17) is 0 Å². The fraction of sp³-hybridized carbons (Fsp3) is 0.176. The molecule has 2 heterocycles. The molecule has 0 aliphatic heterocycles. The van der Waals surface area contributed by atoms with Crippen molar-refractivity contribution >= 4 is 28.4 Å². The van der Waals surface area contributed by atoms with Gasteiger partial charge < -0.3 is 10.6 Å². The van der Waals surface area contributed by atoms with Crippen LogP contribution >= 0.6 is 0 Å². The maximum atomic E-state index is 12.4. The van der Waals surface area contributed by atoms with E-state index in [1.807, 2.05) is 12.1 Å². The molecule has 7 nitrogen and oxygen atoms in total. The molecule has 3 rings (SSSR count). The van der Waals surface area contributed by atoms with E-state index in [-0.39, 0.29) is 17.1 Å². The van der Waals surface area contributed by atoms with Crippen LogP contribution < -0.4 is 10.6 Å². The number of H-pyrrole nitrogens is 1. The van der Waals surface area contributed by atoms with Crippen molar-refractivity contribution in [2.24, 2.45) is 0 Å². The second kappa shape index (κ2) is 7.44. The van der Waals surface area contributed by atoms with Gasteiger partial charge in [0.25, 0.3) is 11.8 Å². The van der Waals surface area contributed by atoms with Gasteiger partial charge in [0.15, 0.2) is 0 Å². The molecule has 1 aromatic carbocycles. The molecule has 0 saturated heterocycles. The van der Waals surface area contributed by atoms with Crippen molar-refractivity contribution in [3.8, 4) is 0 Å². The van der Waals surface area contributed by atoms with Crippen LogP contribution in [0.1, 0.15) is 27.4 Å². The monoisotopic (exact) mass is 377 g/mol. The largest absolute Gasteiger partial charge is 0.390 e. The minimum Gasteiger partial charge on any atom is -0.350 e. The summed E-state index contributed by atoms with van der Waals surface area (Å²) in [7, 11) is 0. The fourth-order valence-corrected chi connectivity index (χ4v) is 2.34. The van der Waals surface area contributed by atoms with Crippen LogP contribution in [0.4, 0.5) is 18.9 Å². The van der Waals surface area contributed by atoms with Gasteiger partial charge in [0.1, 0.15) is 11.4 Å². The third-order valence-corrected chi connectivity index (χ3v) is 3.64. The molecule has 0 spiro atoms. The predicted octanol–water partition coefficient (Wildman–Crippen LogP) is 2.89. The molecule has 27 heavy (non-hydrogen) atoms. The number of rotatable bonds is 5. The van der Waals surface area contributed by atoms with Gasteiger partial charge in [-0.3, -0.25) is 14.7 Å². The van der Waals surface area contributed by atoms with Gasteiger partial charge in [-0.25, -0.2) is 4.98 Å². The predicted molar refractivity (Wildman–Crippen MR) is 91.3 cm³/mol. The number of aromatic nitrogens is 3. The number of nitrogens with zero attached hydrogens (tertiary/aromatic N) is 2. The summed E-state index contributed by atoms with van der Waals surface area (Å²) >= 11 is 0.